The van der Waals surface area contributed by atoms with Crippen LogP contribution in [0.25, 0.3) is 0 Å². The summed E-state index contributed by atoms with van der Waals surface area (Å²) in [5.74, 6) is 1.63. The van der Waals surface area contributed by atoms with Crippen LogP contribution in [0.2, 0.25) is 0 Å². The molecule has 2 saturated carbocycles. The molecular formula is C30H44F2O2. The van der Waals surface area contributed by atoms with Crippen molar-refractivity contribution in [3.05, 3.63) is 42.0 Å². The topological polar surface area (TPSA) is 18.5 Å². The molecule has 3 aliphatic rings. The minimum Gasteiger partial charge on any atom is -0.490 e. The first-order chi connectivity index (χ1) is 16.6. The lowest BCUT2D eigenvalue weighted by molar-refractivity contribution is -0.0724. The summed E-state index contributed by atoms with van der Waals surface area (Å²) in [6, 6.07) is 3.34. The third-order valence-corrected chi connectivity index (χ3v) is 8.96. The van der Waals surface area contributed by atoms with Crippen LogP contribution >= 0.6 is 0 Å². The minimum absolute atomic E-state index is 0.0344. The van der Waals surface area contributed by atoms with Crippen LogP contribution in [0.5, 0.6) is 5.75 Å². The first-order valence-corrected chi connectivity index (χ1v) is 13.9. The fraction of sp³-hybridized carbons (Fsp3) is 0.733. The summed E-state index contributed by atoms with van der Waals surface area (Å²) < 4.78 is 41.0. The Morgan fingerprint density at radius 3 is 2.26 bits per heavy atom. The zero-order valence-electron chi connectivity index (χ0n) is 21.1. The summed E-state index contributed by atoms with van der Waals surface area (Å²) >= 11 is 0. The van der Waals surface area contributed by atoms with Crippen molar-refractivity contribution in [2.24, 2.45) is 23.7 Å². The Labute approximate surface area is 205 Å². The van der Waals surface area contributed by atoms with Crippen molar-refractivity contribution in [1.29, 1.82) is 0 Å². The normalized spacial score (nSPS) is 32.3. The van der Waals surface area contributed by atoms with E-state index in [1.807, 2.05) is 6.92 Å². The predicted octanol–water partition coefficient (Wildman–Crippen LogP) is 8.60. The second-order valence-electron chi connectivity index (χ2n) is 11.1. The monoisotopic (exact) mass is 474 g/mol. The van der Waals surface area contributed by atoms with E-state index in [0.717, 1.165) is 62.9 Å². The Hall–Kier alpha value is -1.42. The van der Waals surface area contributed by atoms with Crippen molar-refractivity contribution >= 4 is 0 Å². The molecule has 2 nitrogen and oxygen atoms in total. The molecule has 1 saturated heterocycles. The first kappa shape index (κ1) is 25.7. The number of rotatable bonds is 9. The van der Waals surface area contributed by atoms with E-state index < -0.39 is 11.6 Å². The van der Waals surface area contributed by atoms with Crippen LogP contribution in [0.1, 0.15) is 102 Å². The molecule has 1 aromatic carbocycles. The molecule has 3 fully saturated rings. The summed E-state index contributed by atoms with van der Waals surface area (Å²) in [4.78, 5) is 0. The quantitative estimate of drug-likeness (QED) is 0.334. The number of hydrogen-bond donors (Lipinski definition) is 0. The van der Waals surface area contributed by atoms with Gasteiger partial charge in [-0.1, -0.05) is 31.9 Å². The molecule has 0 bridgehead atoms. The van der Waals surface area contributed by atoms with Gasteiger partial charge in [0.05, 0.1) is 19.3 Å². The van der Waals surface area contributed by atoms with Gasteiger partial charge in [0.2, 0.25) is 5.82 Å². The molecule has 2 aliphatic carbocycles. The highest BCUT2D eigenvalue weighted by atomic mass is 19.2. The predicted molar refractivity (Wildman–Crippen MR) is 134 cm³/mol. The molecule has 0 N–H and O–H groups in total. The van der Waals surface area contributed by atoms with Crippen LogP contribution in [-0.2, 0) is 4.74 Å². The van der Waals surface area contributed by atoms with Gasteiger partial charge >= 0.3 is 0 Å². The van der Waals surface area contributed by atoms with Crippen molar-refractivity contribution in [3.8, 4) is 5.75 Å². The number of hydrogen-bond acceptors (Lipinski definition) is 2. The zero-order valence-corrected chi connectivity index (χ0v) is 21.1. The van der Waals surface area contributed by atoms with Gasteiger partial charge in [0, 0.05) is 0 Å². The van der Waals surface area contributed by atoms with E-state index in [-0.39, 0.29) is 11.7 Å². The molecule has 0 radical (unpaired) electrons. The standard InChI is InChI=1S/C30H44F2O2/c1-3-5-6-21-7-9-22(10-8-21)25-15-17-27(34-20-25)24-13-11-23(12-14-24)26-16-18-28(33-19-4-2)30(32)29(26)31/h3,16,18,21-25,27H,1,4-15,17,19-20H2,2H3. The van der Waals surface area contributed by atoms with Gasteiger partial charge in [-0.15, -0.1) is 6.58 Å². The van der Waals surface area contributed by atoms with Gasteiger partial charge < -0.3 is 9.47 Å². The van der Waals surface area contributed by atoms with Crippen molar-refractivity contribution in [2.45, 2.75) is 102 Å². The second kappa shape index (κ2) is 12.5. The lowest BCUT2D eigenvalue weighted by atomic mass is 9.71. The highest BCUT2D eigenvalue weighted by Gasteiger charge is 2.36. The first-order valence-electron chi connectivity index (χ1n) is 13.9. The maximum absolute atomic E-state index is 14.7. The van der Waals surface area contributed by atoms with Gasteiger partial charge in [-0.2, -0.15) is 4.39 Å². The highest BCUT2D eigenvalue weighted by molar-refractivity contribution is 5.33. The van der Waals surface area contributed by atoms with E-state index in [0.29, 0.717) is 24.2 Å². The average Bonchev–Trinajstić information content (AvgIpc) is 2.89. The second-order valence-corrected chi connectivity index (χ2v) is 11.1. The van der Waals surface area contributed by atoms with E-state index in [1.54, 1.807) is 12.1 Å². The van der Waals surface area contributed by atoms with Gasteiger partial charge in [0.1, 0.15) is 0 Å². The molecule has 2 unspecified atom stereocenters. The number of ether oxygens (including phenoxy) is 2. The molecule has 4 rings (SSSR count). The number of allylic oxidation sites excluding steroid dienone is 1. The summed E-state index contributed by atoms with van der Waals surface area (Å²) in [5.41, 5.74) is 0.521. The Morgan fingerprint density at radius 2 is 1.62 bits per heavy atom. The third-order valence-electron chi connectivity index (χ3n) is 8.96. The molecule has 0 amide bonds. The average molecular weight is 475 g/mol. The van der Waals surface area contributed by atoms with E-state index in [4.69, 9.17) is 9.47 Å². The molecule has 1 heterocycles. The van der Waals surface area contributed by atoms with Crippen LogP contribution in [0.15, 0.2) is 24.8 Å². The van der Waals surface area contributed by atoms with Crippen molar-refractivity contribution in [1.82, 2.24) is 0 Å². The van der Waals surface area contributed by atoms with E-state index in [9.17, 15) is 8.78 Å². The number of benzene rings is 1. The molecule has 4 heteroatoms. The van der Waals surface area contributed by atoms with Crippen LogP contribution in [-0.4, -0.2) is 19.3 Å². The van der Waals surface area contributed by atoms with E-state index in [1.165, 1.54) is 44.9 Å². The highest BCUT2D eigenvalue weighted by Crippen LogP contribution is 2.44. The smallest absolute Gasteiger partial charge is 0.200 e. The fourth-order valence-electron chi connectivity index (χ4n) is 6.83. The van der Waals surface area contributed by atoms with Crippen LogP contribution in [0, 0.1) is 35.3 Å². The van der Waals surface area contributed by atoms with Gasteiger partial charge in [0.25, 0.3) is 0 Å². The van der Waals surface area contributed by atoms with Gasteiger partial charge in [-0.25, -0.2) is 4.39 Å². The maximum atomic E-state index is 14.7. The zero-order chi connectivity index (χ0) is 23.9. The summed E-state index contributed by atoms with van der Waals surface area (Å²) in [7, 11) is 0. The third kappa shape index (κ3) is 6.22. The molecule has 1 aromatic rings. The van der Waals surface area contributed by atoms with E-state index >= 15 is 0 Å². The van der Waals surface area contributed by atoms with Crippen LogP contribution in [0.4, 0.5) is 8.78 Å². The molecule has 1 aliphatic heterocycles. The van der Waals surface area contributed by atoms with Crippen molar-refractivity contribution in [3.63, 3.8) is 0 Å². The SMILES string of the molecule is C=CCCC1CCC(C2CCC(C3CCC(c4ccc(OCCC)c(F)c4F)CC3)OC2)CC1. The lowest BCUT2D eigenvalue weighted by Gasteiger charge is -2.41. The lowest BCUT2D eigenvalue weighted by Crippen LogP contribution is -2.37. The Morgan fingerprint density at radius 1 is 0.912 bits per heavy atom. The minimum atomic E-state index is -0.829. The molecular weight excluding hydrogens is 430 g/mol. The molecule has 190 valence electrons. The van der Waals surface area contributed by atoms with Crippen molar-refractivity contribution < 1.29 is 18.3 Å². The summed E-state index contributed by atoms with van der Waals surface area (Å²) in [6.07, 6.45) is 17.5. The van der Waals surface area contributed by atoms with Crippen LogP contribution in [0.3, 0.4) is 0 Å². The van der Waals surface area contributed by atoms with E-state index in [2.05, 4.69) is 12.7 Å². The largest absolute Gasteiger partial charge is 0.490 e. The maximum Gasteiger partial charge on any atom is 0.200 e. The number of halogens is 2. The molecule has 2 atom stereocenters. The van der Waals surface area contributed by atoms with Gasteiger partial charge in [-0.3, -0.25) is 0 Å². The molecule has 0 spiro atoms. The Balaban J connectivity index is 1.21. The Kier molecular flexibility index (Phi) is 9.45. The summed E-state index contributed by atoms with van der Waals surface area (Å²) in [5, 5.41) is 0. The summed E-state index contributed by atoms with van der Waals surface area (Å²) in [6.45, 7) is 7.14. The molecule has 34 heavy (non-hydrogen) atoms. The molecule has 0 aromatic heterocycles. The fourth-order valence-corrected chi connectivity index (χ4v) is 6.83. The van der Waals surface area contributed by atoms with Gasteiger partial charge in [-0.05, 0) is 112 Å². The van der Waals surface area contributed by atoms with Crippen LogP contribution < -0.4 is 4.74 Å². The Bertz CT molecular complexity index is 770. The van der Waals surface area contributed by atoms with Crippen molar-refractivity contribution in [2.75, 3.05) is 13.2 Å². The van der Waals surface area contributed by atoms with Gasteiger partial charge in [0.15, 0.2) is 11.6 Å².